The van der Waals surface area contributed by atoms with E-state index in [4.69, 9.17) is 0 Å². The highest BCUT2D eigenvalue weighted by atomic mass is 19.1. The minimum atomic E-state index is -0.398. The van der Waals surface area contributed by atoms with E-state index in [-0.39, 0.29) is 11.6 Å². The average Bonchev–Trinajstić information content (AvgIpc) is 2.39. The molecule has 0 atom stereocenters. The number of amides is 1. The van der Waals surface area contributed by atoms with Crippen molar-refractivity contribution in [2.45, 2.75) is 0 Å². The molecule has 2 rings (SSSR count). The number of rotatable bonds is 3. The van der Waals surface area contributed by atoms with Crippen LogP contribution in [0.3, 0.4) is 0 Å². The molecule has 0 unspecified atom stereocenters. The first-order valence-electron chi connectivity index (χ1n) is 5.41. The zero-order chi connectivity index (χ0) is 13.0. The first-order valence-corrected chi connectivity index (χ1v) is 5.41. The maximum absolute atomic E-state index is 13.0. The van der Waals surface area contributed by atoms with Crippen molar-refractivity contribution in [1.29, 1.82) is 0 Å². The Bertz CT molecular complexity index is 572. The number of carbonyl (C=O) groups is 1. The van der Waals surface area contributed by atoms with Crippen LogP contribution in [-0.4, -0.2) is 17.9 Å². The molecule has 0 spiro atoms. The molecule has 0 aliphatic rings. The average molecular weight is 245 g/mol. The van der Waals surface area contributed by atoms with Gasteiger partial charge in [0.2, 0.25) is 0 Å². The zero-order valence-electron chi connectivity index (χ0n) is 9.77. The summed E-state index contributed by atoms with van der Waals surface area (Å²) in [4.78, 5) is 16.0. The molecule has 1 heterocycles. The number of halogens is 1. The minimum Gasteiger partial charge on any atom is -0.373 e. The lowest BCUT2D eigenvalue weighted by Gasteiger charge is -2.06. The third-order valence-electron chi connectivity index (χ3n) is 2.32. The maximum Gasteiger partial charge on any atom is 0.274 e. The lowest BCUT2D eigenvalue weighted by molar-refractivity contribution is 0.102. The molecule has 1 aromatic carbocycles. The Morgan fingerprint density at radius 1 is 1.22 bits per heavy atom. The van der Waals surface area contributed by atoms with Gasteiger partial charge in [-0.2, -0.15) is 0 Å². The Kier molecular flexibility index (Phi) is 3.52. The van der Waals surface area contributed by atoms with Gasteiger partial charge in [-0.05, 0) is 30.3 Å². The minimum absolute atomic E-state index is 0.270. The Hall–Kier alpha value is -2.43. The van der Waals surface area contributed by atoms with Gasteiger partial charge in [-0.15, -0.1) is 0 Å². The predicted molar refractivity (Wildman–Crippen MR) is 68.1 cm³/mol. The molecule has 0 saturated carbocycles. The van der Waals surface area contributed by atoms with Crippen LogP contribution in [0.5, 0.6) is 0 Å². The molecule has 92 valence electrons. The molecule has 0 aliphatic carbocycles. The Morgan fingerprint density at radius 3 is 2.72 bits per heavy atom. The van der Waals surface area contributed by atoms with Crippen molar-refractivity contribution in [2.75, 3.05) is 17.7 Å². The van der Waals surface area contributed by atoms with E-state index in [2.05, 4.69) is 15.6 Å². The van der Waals surface area contributed by atoms with Crippen molar-refractivity contribution in [1.82, 2.24) is 4.98 Å². The third-order valence-corrected chi connectivity index (χ3v) is 2.32. The van der Waals surface area contributed by atoms with Crippen molar-refractivity contribution in [3.8, 4) is 0 Å². The number of hydrogen-bond acceptors (Lipinski definition) is 3. The topological polar surface area (TPSA) is 54.0 Å². The number of hydrogen-bond donors (Lipinski definition) is 2. The van der Waals surface area contributed by atoms with Crippen molar-refractivity contribution >= 4 is 17.4 Å². The summed E-state index contributed by atoms with van der Waals surface area (Å²) in [5.41, 5.74) is 0.669. The standard InChI is InChI=1S/C13H12FN3O/c1-15-12-7-3-6-11(17-12)13(18)16-10-5-2-4-9(14)8-10/h2-8H,1H3,(H,15,17)(H,16,18). The second-order valence-electron chi connectivity index (χ2n) is 3.62. The number of nitrogens with zero attached hydrogens (tertiary/aromatic N) is 1. The molecule has 1 amide bonds. The van der Waals surface area contributed by atoms with Gasteiger partial charge in [0.25, 0.3) is 5.91 Å². The smallest absolute Gasteiger partial charge is 0.274 e. The molecular weight excluding hydrogens is 233 g/mol. The summed E-state index contributed by atoms with van der Waals surface area (Å²) in [5, 5.41) is 5.43. The summed E-state index contributed by atoms with van der Waals surface area (Å²) in [6.45, 7) is 0. The van der Waals surface area contributed by atoms with Crippen LogP contribution in [0.25, 0.3) is 0 Å². The van der Waals surface area contributed by atoms with Crippen molar-refractivity contribution in [3.63, 3.8) is 0 Å². The molecule has 5 heteroatoms. The van der Waals surface area contributed by atoms with E-state index in [0.29, 0.717) is 11.5 Å². The van der Waals surface area contributed by atoms with Crippen LogP contribution in [0.15, 0.2) is 42.5 Å². The third kappa shape index (κ3) is 2.82. The van der Waals surface area contributed by atoms with Crippen LogP contribution in [-0.2, 0) is 0 Å². The van der Waals surface area contributed by atoms with Crippen LogP contribution < -0.4 is 10.6 Å². The van der Waals surface area contributed by atoms with E-state index in [1.54, 1.807) is 31.3 Å². The van der Waals surface area contributed by atoms with E-state index in [1.807, 2.05) is 0 Å². The summed E-state index contributed by atoms with van der Waals surface area (Å²) in [6.07, 6.45) is 0. The summed E-state index contributed by atoms with van der Waals surface area (Å²) in [7, 11) is 1.72. The van der Waals surface area contributed by atoms with Crippen molar-refractivity contribution in [2.24, 2.45) is 0 Å². The van der Waals surface area contributed by atoms with Gasteiger partial charge in [0.05, 0.1) is 0 Å². The van der Waals surface area contributed by atoms with E-state index >= 15 is 0 Å². The SMILES string of the molecule is CNc1cccc(C(=O)Nc2cccc(F)c2)n1. The molecule has 0 saturated heterocycles. The number of carbonyl (C=O) groups excluding carboxylic acids is 1. The second-order valence-corrected chi connectivity index (χ2v) is 3.62. The van der Waals surface area contributed by atoms with Gasteiger partial charge in [-0.3, -0.25) is 4.79 Å². The summed E-state index contributed by atoms with van der Waals surface area (Å²) < 4.78 is 13.0. The van der Waals surface area contributed by atoms with E-state index in [1.165, 1.54) is 18.2 Å². The number of benzene rings is 1. The molecule has 0 radical (unpaired) electrons. The zero-order valence-corrected chi connectivity index (χ0v) is 9.77. The van der Waals surface area contributed by atoms with Gasteiger partial charge in [0.1, 0.15) is 17.3 Å². The number of pyridine rings is 1. The van der Waals surface area contributed by atoms with Gasteiger partial charge in [0.15, 0.2) is 0 Å². The van der Waals surface area contributed by atoms with Gasteiger partial charge in [-0.25, -0.2) is 9.37 Å². The predicted octanol–water partition coefficient (Wildman–Crippen LogP) is 2.51. The fourth-order valence-corrected chi connectivity index (χ4v) is 1.46. The maximum atomic E-state index is 13.0. The van der Waals surface area contributed by atoms with Crippen LogP contribution in [0.2, 0.25) is 0 Å². The van der Waals surface area contributed by atoms with Crippen LogP contribution in [0.4, 0.5) is 15.9 Å². The highest BCUT2D eigenvalue weighted by molar-refractivity contribution is 6.03. The van der Waals surface area contributed by atoms with Gasteiger partial charge in [0, 0.05) is 12.7 Å². The van der Waals surface area contributed by atoms with E-state index < -0.39 is 5.82 Å². The first kappa shape index (κ1) is 12.0. The Balaban J connectivity index is 2.16. The summed E-state index contributed by atoms with van der Waals surface area (Å²) in [5.74, 6) is -0.177. The Morgan fingerprint density at radius 2 is 2.00 bits per heavy atom. The van der Waals surface area contributed by atoms with Gasteiger partial charge in [-0.1, -0.05) is 12.1 Å². The lowest BCUT2D eigenvalue weighted by Crippen LogP contribution is -2.14. The summed E-state index contributed by atoms with van der Waals surface area (Å²) in [6, 6.07) is 10.8. The molecule has 4 nitrogen and oxygen atoms in total. The molecule has 2 aromatic rings. The van der Waals surface area contributed by atoms with E-state index in [9.17, 15) is 9.18 Å². The summed E-state index contributed by atoms with van der Waals surface area (Å²) >= 11 is 0. The molecule has 0 aliphatic heterocycles. The second kappa shape index (κ2) is 5.27. The van der Waals surface area contributed by atoms with Crippen molar-refractivity contribution in [3.05, 3.63) is 54.0 Å². The van der Waals surface area contributed by atoms with Crippen molar-refractivity contribution < 1.29 is 9.18 Å². The quantitative estimate of drug-likeness (QED) is 0.873. The number of anilines is 2. The monoisotopic (exact) mass is 245 g/mol. The fourth-order valence-electron chi connectivity index (χ4n) is 1.46. The fraction of sp³-hybridized carbons (Fsp3) is 0.0769. The number of nitrogens with one attached hydrogen (secondary N) is 2. The van der Waals surface area contributed by atoms with Crippen LogP contribution in [0, 0.1) is 5.82 Å². The molecule has 1 aromatic heterocycles. The molecule has 0 fully saturated rings. The molecule has 0 bridgehead atoms. The first-order chi connectivity index (χ1) is 8.69. The van der Waals surface area contributed by atoms with E-state index in [0.717, 1.165) is 0 Å². The van der Waals surface area contributed by atoms with Gasteiger partial charge >= 0.3 is 0 Å². The normalized spacial score (nSPS) is 9.89. The van der Waals surface area contributed by atoms with Crippen LogP contribution in [0.1, 0.15) is 10.5 Å². The largest absolute Gasteiger partial charge is 0.373 e. The molecule has 18 heavy (non-hydrogen) atoms. The highest BCUT2D eigenvalue weighted by Gasteiger charge is 2.08. The number of aromatic nitrogens is 1. The molecular formula is C13H12FN3O. The highest BCUT2D eigenvalue weighted by Crippen LogP contribution is 2.11. The Labute approximate surface area is 104 Å². The lowest BCUT2D eigenvalue weighted by atomic mass is 10.3. The van der Waals surface area contributed by atoms with Crippen LogP contribution >= 0.6 is 0 Å². The van der Waals surface area contributed by atoms with Gasteiger partial charge < -0.3 is 10.6 Å². The molecule has 2 N–H and O–H groups in total.